The molecule has 0 spiro atoms. The van der Waals surface area contributed by atoms with Crippen molar-refractivity contribution >= 4 is 21.6 Å². The highest BCUT2D eigenvalue weighted by molar-refractivity contribution is 7.92. The normalized spacial score (nSPS) is 15.7. The number of anilines is 1. The second-order valence-electron chi connectivity index (χ2n) is 8.10. The summed E-state index contributed by atoms with van der Waals surface area (Å²) in [5, 5.41) is 0. The molecular formula is C26H28N2O5S. The molecule has 0 aromatic heterocycles. The Kier molecular flexibility index (Phi) is 6.79. The van der Waals surface area contributed by atoms with E-state index in [4.69, 9.17) is 9.47 Å². The van der Waals surface area contributed by atoms with Crippen LogP contribution in [0.1, 0.15) is 34.8 Å². The fraction of sp³-hybridized carbons (Fsp3) is 0.269. The molecular weight excluding hydrogens is 452 g/mol. The van der Waals surface area contributed by atoms with E-state index in [1.807, 2.05) is 24.3 Å². The van der Waals surface area contributed by atoms with Gasteiger partial charge in [0.15, 0.2) is 0 Å². The van der Waals surface area contributed by atoms with E-state index in [0.29, 0.717) is 29.3 Å². The molecule has 0 saturated carbocycles. The number of carbonyl (C=O) groups is 1. The summed E-state index contributed by atoms with van der Waals surface area (Å²) in [7, 11) is 0.866. The number of methoxy groups -OCH3 is 2. The van der Waals surface area contributed by atoms with E-state index >= 15 is 0 Å². The van der Waals surface area contributed by atoms with Gasteiger partial charge in [0.1, 0.15) is 11.5 Å². The maximum Gasteiger partial charge on any atom is 0.264 e. The molecule has 1 aliphatic rings. The molecule has 1 amide bonds. The lowest BCUT2D eigenvalue weighted by atomic mass is 10.0. The van der Waals surface area contributed by atoms with Crippen molar-refractivity contribution in [3.63, 3.8) is 0 Å². The molecule has 0 unspecified atom stereocenters. The molecule has 178 valence electrons. The van der Waals surface area contributed by atoms with Crippen LogP contribution >= 0.6 is 0 Å². The molecule has 1 heterocycles. The van der Waals surface area contributed by atoms with Gasteiger partial charge >= 0.3 is 0 Å². The first-order valence-electron chi connectivity index (χ1n) is 11.0. The van der Waals surface area contributed by atoms with Crippen molar-refractivity contribution in [1.29, 1.82) is 0 Å². The smallest absolute Gasteiger partial charge is 0.264 e. The highest BCUT2D eigenvalue weighted by Gasteiger charge is 2.33. The number of hydrogen-bond donors (Lipinski definition) is 0. The summed E-state index contributed by atoms with van der Waals surface area (Å²) in [5.41, 5.74) is 1.79. The van der Waals surface area contributed by atoms with Gasteiger partial charge in [-0.1, -0.05) is 24.3 Å². The van der Waals surface area contributed by atoms with Gasteiger partial charge in [0, 0.05) is 30.8 Å². The van der Waals surface area contributed by atoms with Gasteiger partial charge in [0.2, 0.25) is 0 Å². The molecule has 0 N–H and O–H groups in total. The third kappa shape index (κ3) is 4.46. The topological polar surface area (TPSA) is 76.2 Å². The van der Waals surface area contributed by atoms with Gasteiger partial charge in [-0.3, -0.25) is 9.10 Å². The predicted molar refractivity (Wildman–Crippen MR) is 131 cm³/mol. The Hall–Kier alpha value is -3.52. The monoisotopic (exact) mass is 480 g/mol. The van der Waals surface area contributed by atoms with Crippen LogP contribution in [0.15, 0.2) is 77.7 Å². The van der Waals surface area contributed by atoms with Crippen molar-refractivity contribution in [3.05, 3.63) is 83.9 Å². The predicted octanol–water partition coefficient (Wildman–Crippen LogP) is 4.51. The fourth-order valence-corrected chi connectivity index (χ4v) is 5.56. The number of nitrogens with zero attached hydrogens (tertiary/aromatic N) is 2. The standard InChI is InChI=1S/C26H28N2O5S/c1-27(20-10-5-4-6-11-20)34(30,31)22-12-7-9-19(17-22)26(29)28-16-8-13-24(28)23-15-14-21(32-2)18-25(23)33-3/h4-7,9-12,14-15,17-18,24H,8,13,16H2,1-3H3/t24-/m0/s1. The van der Waals surface area contributed by atoms with E-state index in [1.54, 1.807) is 55.5 Å². The average Bonchev–Trinajstić information content (AvgIpc) is 3.37. The second kappa shape index (κ2) is 9.77. The van der Waals surface area contributed by atoms with Crippen molar-refractivity contribution in [2.45, 2.75) is 23.8 Å². The summed E-state index contributed by atoms with van der Waals surface area (Å²) in [6.07, 6.45) is 1.64. The van der Waals surface area contributed by atoms with Crippen LogP contribution in [0.4, 0.5) is 5.69 Å². The van der Waals surface area contributed by atoms with Gasteiger partial charge in [-0.05, 0) is 55.3 Å². The summed E-state index contributed by atoms with van der Waals surface area (Å²) >= 11 is 0. The highest BCUT2D eigenvalue weighted by atomic mass is 32.2. The summed E-state index contributed by atoms with van der Waals surface area (Å²) < 4.78 is 38.5. The molecule has 1 atom stereocenters. The molecule has 0 bridgehead atoms. The van der Waals surface area contributed by atoms with Crippen LogP contribution in [-0.2, 0) is 10.0 Å². The zero-order valence-electron chi connectivity index (χ0n) is 19.5. The van der Waals surface area contributed by atoms with Crippen molar-refractivity contribution in [1.82, 2.24) is 4.90 Å². The van der Waals surface area contributed by atoms with E-state index in [1.165, 1.54) is 23.5 Å². The van der Waals surface area contributed by atoms with Gasteiger partial charge in [-0.15, -0.1) is 0 Å². The number of ether oxygens (including phenoxy) is 2. The Morgan fingerprint density at radius 3 is 2.44 bits per heavy atom. The number of sulfonamides is 1. The Balaban J connectivity index is 1.63. The van der Waals surface area contributed by atoms with Crippen LogP contribution < -0.4 is 13.8 Å². The number of rotatable bonds is 7. The lowest BCUT2D eigenvalue weighted by molar-refractivity contribution is 0.0734. The van der Waals surface area contributed by atoms with Crippen LogP contribution in [0.25, 0.3) is 0 Å². The Morgan fingerprint density at radius 2 is 1.74 bits per heavy atom. The van der Waals surface area contributed by atoms with Crippen LogP contribution in [0, 0.1) is 0 Å². The fourth-order valence-electron chi connectivity index (χ4n) is 4.32. The molecule has 8 heteroatoms. The van der Waals surface area contributed by atoms with Gasteiger partial charge < -0.3 is 14.4 Å². The minimum atomic E-state index is -3.83. The molecule has 1 saturated heterocycles. The highest BCUT2D eigenvalue weighted by Crippen LogP contribution is 2.39. The van der Waals surface area contributed by atoms with Crippen LogP contribution in [0.3, 0.4) is 0 Å². The Labute approximate surface area is 200 Å². The van der Waals surface area contributed by atoms with Gasteiger partial charge in [0.25, 0.3) is 15.9 Å². The van der Waals surface area contributed by atoms with Crippen molar-refractivity contribution in [2.75, 3.05) is 32.1 Å². The van der Waals surface area contributed by atoms with Gasteiger partial charge in [0.05, 0.1) is 30.8 Å². The number of hydrogen-bond acceptors (Lipinski definition) is 5. The van der Waals surface area contributed by atoms with E-state index in [0.717, 1.165) is 18.4 Å². The summed E-state index contributed by atoms with van der Waals surface area (Å²) in [6, 6.07) is 20.5. The first kappa shape index (κ1) is 23.6. The lowest BCUT2D eigenvalue weighted by Crippen LogP contribution is -2.31. The van der Waals surface area contributed by atoms with Crippen LogP contribution in [0.2, 0.25) is 0 Å². The first-order valence-corrected chi connectivity index (χ1v) is 12.5. The molecule has 3 aromatic rings. The molecule has 1 aliphatic heterocycles. The largest absolute Gasteiger partial charge is 0.497 e. The third-order valence-electron chi connectivity index (χ3n) is 6.17. The average molecular weight is 481 g/mol. The zero-order valence-corrected chi connectivity index (χ0v) is 20.3. The first-order chi connectivity index (χ1) is 16.4. The summed E-state index contributed by atoms with van der Waals surface area (Å²) in [5.74, 6) is 1.13. The maximum atomic E-state index is 13.5. The third-order valence-corrected chi connectivity index (χ3v) is 7.95. The van der Waals surface area contributed by atoms with Crippen molar-refractivity contribution in [2.24, 2.45) is 0 Å². The molecule has 1 fully saturated rings. The Morgan fingerprint density at radius 1 is 0.971 bits per heavy atom. The minimum Gasteiger partial charge on any atom is -0.497 e. The second-order valence-corrected chi connectivity index (χ2v) is 10.1. The minimum absolute atomic E-state index is 0.0717. The van der Waals surface area contributed by atoms with Gasteiger partial charge in [-0.2, -0.15) is 0 Å². The van der Waals surface area contributed by atoms with Crippen molar-refractivity contribution in [3.8, 4) is 11.5 Å². The Bertz CT molecular complexity index is 1280. The maximum absolute atomic E-state index is 13.5. The zero-order chi connectivity index (χ0) is 24.3. The molecule has 0 aliphatic carbocycles. The SMILES string of the molecule is COc1ccc([C@@H]2CCCN2C(=O)c2cccc(S(=O)(=O)N(C)c3ccccc3)c2)c(OC)c1. The molecule has 34 heavy (non-hydrogen) atoms. The summed E-state index contributed by atoms with van der Waals surface area (Å²) in [6.45, 7) is 0.583. The number of likely N-dealkylation sites (tertiary alicyclic amines) is 1. The molecule has 4 rings (SSSR count). The lowest BCUT2D eigenvalue weighted by Gasteiger charge is -2.27. The number of benzene rings is 3. The van der Waals surface area contributed by atoms with E-state index in [2.05, 4.69) is 0 Å². The number of amides is 1. The quantitative estimate of drug-likeness (QED) is 0.498. The van der Waals surface area contributed by atoms with Gasteiger partial charge in [-0.25, -0.2) is 8.42 Å². The van der Waals surface area contributed by atoms with E-state index < -0.39 is 10.0 Å². The van der Waals surface area contributed by atoms with E-state index in [9.17, 15) is 13.2 Å². The molecule has 3 aromatic carbocycles. The molecule has 0 radical (unpaired) electrons. The molecule has 7 nitrogen and oxygen atoms in total. The van der Waals surface area contributed by atoms with Crippen molar-refractivity contribution < 1.29 is 22.7 Å². The van der Waals surface area contributed by atoms with E-state index in [-0.39, 0.29) is 16.8 Å². The van der Waals surface area contributed by atoms with Crippen LogP contribution in [0.5, 0.6) is 11.5 Å². The number of para-hydroxylation sites is 1. The van der Waals surface area contributed by atoms with Crippen LogP contribution in [-0.4, -0.2) is 47.0 Å². The summed E-state index contributed by atoms with van der Waals surface area (Å²) in [4.78, 5) is 15.4. The number of carbonyl (C=O) groups excluding carboxylic acids is 1.